The second-order valence-electron chi connectivity index (χ2n) is 3.36. The molecule has 0 saturated carbocycles. The van der Waals surface area contributed by atoms with Crippen LogP contribution in [0, 0.1) is 24.7 Å². The van der Waals surface area contributed by atoms with Crippen molar-refractivity contribution < 1.29 is 0 Å². The molecule has 12 heavy (non-hydrogen) atoms. The molecule has 0 bridgehead atoms. The van der Waals surface area contributed by atoms with E-state index in [4.69, 9.17) is 0 Å². The van der Waals surface area contributed by atoms with E-state index < -0.39 is 0 Å². The van der Waals surface area contributed by atoms with Gasteiger partial charge in [0.2, 0.25) is 0 Å². The Morgan fingerprint density at radius 1 is 0.750 bits per heavy atom. The van der Waals surface area contributed by atoms with Crippen LogP contribution in [0.5, 0.6) is 0 Å². The van der Waals surface area contributed by atoms with E-state index in [1.54, 1.807) is 0 Å². The Morgan fingerprint density at radius 3 is 1.42 bits per heavy atom. The molecule has 0 aromatic rings. The highest BCUT2D eigenvalue weighted by atomic mass is 14.2. The minimum atomic E-state index is 0.454. The third-order valence-corrected chi connectivity index (χ3v) is 2.54. The summed E-state index contributed by atoms with van der Waals surface area (Å²) in [5, 5.41) is 0. The van der Waals surface area contributed by atoms with Crippen molar-refractivity contribution in [2.24, 2.45) is 17.8 Å². The molecular formula is C12H13. The first-order valence-corrected chi connectivity index (χ1v) is 4.41. The van der Waals surface area contributed by atoms with Crippen molar-refractivity contribution in [3.63, 3.8) is 0 Å². The highest BCUT2D eigenvalue weighted by Crippen LogP contribution is 2.29. The SMILES string of the molecule is [CH2]C(C1C=CC=C1)C1C=CC=C1. The molecule has 0 aromatic heterocycles. The molecule has 0 aliphatic heterocycles. The second-order valence-corrected chi connectivity index (χ2v) is 3.36. The molecule has 61 valence electrons. The van der Waals surface area contributed by atoms with Gasteiger partial charge in [0.05, 0.1) is 0 Å². The fourth-order valence-electron chi connectivity index (χ4n) is 1.73. The normalized spacial score (nSPS) is 22.2. The first kappa shape index (κ1) is 7.60. The maximum Gasteiger partial charge on any atom is -0.00103 e. The summed E-state index contributed by atoms with van der Waals surface area (Å²) >= 11 is 0. The van der Waals surface area contributed by atoms with Crippen LogP contribution in [0.2, 0.25) is 0 Å². The Labute approximate surface area is 74.0 Å². The number of hydrogen-bond donors (Lipinski definition) is 0. The second kappa shape index (κ2) is 3.14. The minimum Gasteiger partial charge on any atom is -0.0773 e. The molecule has 0 saturated heterocycles. The van der Waals surface area contributed by atoms with Crippen molar-refractivity contribution >= 4 is 0 Å². The van der Waals surface area contributed by atoms with Gasteiger partial charge in [-0.15, -0.1) is 0 Å². The third-order valence-electron chi connectivity index (χ3n) is 2.54. The van der Waals surface area contributed by atoms with E-state index in [1.807, 2.05) is 0 Å². The molecule has 2 aliphatic rings. The Balaban J connectivity index is 2.04. The Morgan fingerprint density at radius 2 is 1.08 bits per heavy atom. The van der Waals surface area contributed by atoms with Crippen molar-refractivity contribution in [1.82, 2.24) is 0 Å². The lowest BCUT2D eigenvalue weighted by molar-refractivity contribution is 0.485. The molecule has 0 amide bonds. The maximum atomic E-state index is 4.20. The molecule has 0 nitrogen and oxygen atoms in total. The fraction of sp³-hybridized carbons (Fsp3) is 0.250. The molecule has 1 radical (unpaired) electrons. The highest BCUT2D eigenvalue weighted by molar-refractivity contribution is 5.25. The minimum absolute atomic E-state index is 0.454. The van der Waals surface area contributed by atoms with E-state index in [-0.39, 0.29) is 0 Å². The van der Waals surface area contributed by atoms with Crippen molar-refractivity contribution in [1.29, 1.82) is 0 Å². The summed E-state index contributed by atoms with van der Waals surface area (Å²) in [5.74, 6) is 1.51. The van der Waals surface area contributed by atoms with Gasteiger partial charge in [-0.3, -0.25) is 0 Å². The topological polar surface area (TPSA) is 0 Å². The molecule has 0 heteroatoms. The quantitative estimate of drug-likeness (QED) is 0.578. The van der Waals surface area contributed by atoms with Crippen molar-refractivity contribution in [3.8, 4) is 0 Å². The molecule has 0 fully saturated rings. The number of allylic oxidation sites excluding steroid dienone is 8. The molecule has 0 N–H and O–H groups in total. The first-order chi connectivity index (χ1) is 5.88. The third kappa shape index (κ3) is 1.29. The fourth-order valence-corrected chi connectivity index (χ4v) is 1.73. The molecule has 0 aromatic carbocycles. The van der Waals surface area contributed by atoms with Gasteiger partial charge in [-0.05, 0) is 24.7 Å². The Bertz CT molecular complexity index is 214. The summed E-state index contributed by atoms with van der Waals surface area (Å²) in [6.45, 7) is 4.20. The Kier molecular flexibility index (Phi) is 1.99. The van der Waals surface area contributed by atoms with Crippen LogP contribution in [0.4, 0.5) is 0 Å². The summed E-state index contributed by atoms with van der Waals surface area (Å²) in [5.41, 5.74) is 0. The lowest BCUT2D eigenvalue weighted by Gasteiger charge is -2.19. The average molecular weight is 157 g/mol. The van der Waals surface area contributed by atoms with Crippen LogP contribution >= 0.6 is 0 Å². The van der Waals surface area contributed by atoms with E-state index in [9.17, 15) is 0 Å². The Hall–Kier alpha value is -1.04. The largest absolute Gasteiger partial charge is 0.0773 e. The average Bonchev–Trinajstić information content (AvgIpc) is 2.77. The summed E-state index contributed by atoms with van der Waals surface area (Å²) < 4.78 is 0. The standard InChI is InChI=1S/C12H13/c1-10(11-6-2-3-7-11)12-8-4-5-9-12/h2-12H,1H2. The summed E-state index contributed by atoms with van der Waals surface area (Å²) in [4.78, 5) is 0. The number of hydrogen-bond acceptors (Lipinski definition) is 0. The predicted molar refractivity (Wildman–Crippen MR) is 52.4 cm³/mol. The van der Waals surface area contributed by atoms with E-state index >= 15 is 0 Å². The van der Waals surface area contributed by atoms with Crippen molar-refractivity contribution in [2.75, 3.05) is 0 Å². The van der Waals surface area contributed by atoms with Gasteiger partial charge in [-0.25, -0.2) is 0 Å². The zero-order valence-corrected chi connectivity index (χ0v) is 7.06. The zero-order valence-electron chi connectivity index (χ0n) is 7.06. The smallest absolute Gasteiger partial charge is 0.00103 e. The molecule has 0 spiro atoms. The van der Waals surface area contributed by atoms with Crippen molar-refractivity contribution in [2.45, 2.75) is 0 Å². The molecule has 0 unspecified atom stereocenters. The lowest BCUT2D eigenvalue weighted by Crippen LogP contribution is -2.13. The van der Waals surface area contributed by atoms with E-state index in [0.717, 1.165) is 0 Å². The predicted octanol–water partition coefficient (Wildman–Crippen LogP) is 2.92. The molecule has 0 heterocycles. The molecular weight excluding hydrogens is 144 g/mol. The van der Waals surface area contributed by atoms with Crippen LogP contribution in [0.15, 0.2) is 48.6 Å². The van der Waals surface area contributed by atoms with Crippen LogP contribution in [-0.2, 0) is 0 Å². The zero-order chi connectivity index (χ0) is 8.39. The van der Waals surface area contributed by atoms with Gasteiger partial charge in [-0.1, -0.05) is 48.6 Å². The van der Waals surface area contributed by atoms with E-state index in [0.29, 0.717) is 17.8 Å². The first-order valence-electron chi connectivity index (χ1n) is 4.41. The molecule has 2 aliphatic carbocycles. The van der Waals surface area contributed by atoms with Crippen LogP contribution in [0.1, 0.15) is 0 Å². The van der Waals surface area contributed by atoms with E-state index in [1.165, 1.54) is 0 Å². The van der Waals surface area contributed by atoms with Gasteiger partial charge in [0.1, 0.15) is 0 Å². The number of rotatable bonds is 2. The highest BCUT2D eigenvalue weighted by Gasteiger charge is 2.20. The molecule has 2 rings (SSSR count). The van der Waals surface area contributed by atoms with Crippen LogP contribution in [-0.4, -0.2) is 0 Å². The maximum absolute atomic E-state index is 4.20. The van der Waals surface area contributed by atoms with Crippen LogP contribution in [0.25, 0.3) is 0 Å². The van der Waals surface area contributed by atoms with Crippen molar-refractivity contribution in [3.05, 3.63) is 55.5 Å². The van der Waals surface area contributed by atoms with Gasteiger partial charge in [0.15, 0.2) is 0 Å². The van der Waals surface area contributed by atoms with Gasteiger partial charge >= 0.3 is 0 Å². The van der Waals surface area contributed by atoms with Gasteiger partial charge < -0.3 is 0 Å². The summed E-state index contributed by atoms with van der Waals surface area (Å²) in [6, 6.07) is 0. The monoisotopic (exact) mass is 157 g/mol. The van der Waals surface area contributed by atoms with E-state index in [2.05, 4.69) is 55.5 Å². The van der Waals surface area contributed by atoms with Gasteiger partial charge in [0.25, 0.3) is 0 Å². The van der Waals surface area contributed by atoms with Crippen LogP contribution < -0.4 is 0 Å². The molecule has 0 atom stereocenters. The lowest BCUT2D eigenvalue weighted by atomic mass is 9.84. The summed E-state index contributed by atoms with van der Waals surface area (Å²) in [7, 11) is 0. The van der Waals surface area contributed by atoms with Crippen LogP contribution in [0.3, 0.4) is 0 Å². The summed E-state index contributed by atoms with van der Waals surface area (Å²) in [6.07, 6.45) is 17.3. The van der Waals surface area contributed by atoms with Gasteiger partial charge in [-0.2, -0.15) is 0 Å². The van der Waals surface area contributed by atoms with Gasteiger partial charge in [0, 0.05) is 0 Å².